The van der Waals surface area contributed by atoms with Gasteiger partial charge in [-0.3, -0.25) is 0 Å². The van der Waals surface area contributed by atoms with Crippen LogP contribution in [0.4, 0.5) is 0 Å². The highest BCUT2D eigenvalue weighted by Gasteiger charge is 2.09. The highest BCUT2D eigenvalue weighted by molar-refractivity contribution is 7.13. The molecule has 2 aromatic rings. The molecule has 0 N–H and O–H groups in total. The van der Waals surface area contributed by atoms with Crippen LogP contribution in [0.25, 0.3) is 6.08 Å². The first-order chi connectivity index (χ1) is 8.75. The Hall–Kier alpha value is -1.94. The lowest BCUT2D eigenvalue weighted by atomic mass is 10.2. The van der Waals surface area contributed by atoms with E-state index in [1.165, 1.54) is 11.3 Å². The van der Waals surface area contributed by atoms with Gasteiger partial charge in [0.25, 0.3) is 0 Å². The minimum Gasteiger partial charge on any atom is -0.457 e. The van der Waals surface area contributed by atoms with Gasteiger partial charge < -0.3 is 4.74 Å². The Morgan fingerprint density at radius 1 is 1.39 bits per heavy atom. The molecule has 1 aromatic carbocycles. The van der Waals surface area contributed by atoms with Crippen LogP contribution in [-0.4, -0.2) is 17.6 Å². The van der Waals surface area contributed by atoms with E-state index in [4.69, 9.17) is 4.74 Å². The smallest absolute Gasteiger partial charge is 0.350 e. The first-order valence-corrected chi connectivity index (χ1v) is 6.38. The Morgan fingerprint density at radius 3 is 2.83 bits per heavy atom. The summed E-state index contributed by atoms with van der Waals surface area (Å²) >= 11 is 1.34. The van der Waals surface area contributed by atoms with Crippen LogP contribution < -0.4 is 0 Å². The van der Waals surface area contributed by atoms with E-state index in [1.54, 1.807) is 6.20 Å². The molecule has 0 aliphatic rings. The third kappa shape index (κ3) is 3.53. The number of carbonyl (C=O) groups is 1. The molecule has 0 aliphatic carbocycles. The third-order valence-corrected chi connectivity index (χ3v) is 3.14. The summed E-state index contributed by atoms with van der Waals surface area (Å²) in [6, 6.07) is 9.87. The van der Waals surface area contributed by atoms with Gasteiger partial charge in [-0.05, 0) is 18.6 Å². The van der Waals surface area contributed by atoms with Gasteiger partial charge in [-0.25, -0.2) is 9.78 Å². The molecule has 92 valence electrons. The molecule has 18 heavy (non-hydrogen) atoms. The van der Waals surface area contributed by atoms with Crippen molar-refractivity contribution in [3.05, 3.63) is 58.1 Å². The highest BCUT2D eigenvalue weighted by Crippen LogP contribution is 2.12. The molecular weight excluding hydrogens is 246 g/mol. The number of ether oxygens (including phenoxy) is 1. The second-order valence-corrected chi connectivity index (χ2v) is 4.89. The number of carbonyl (C=O) groups excluding carboxylic acids is 1. The van der Waals surface area contributed by atoms with E-state index < -0.39 is 0 Å². The zero-order valence-electron chi connectivity index (χ0n) is 10.00. The molecule has 0 fully saturated rings. The van der Waals surface area contributed by atoms with E-state index in [-0.39, 0.29) is 12.6 Å². The molecule has 0 aliphatic heterocycles. The van der Waals surface area contributed by atoms with Crippen LogP contribution in [0.3, 0.4) is 0 Å². The molecule has 1 heterocycles. The van der Waals surface area contributed by atoms with Crippen molar-refractivity contribution in [2.75, 3.05) is 6.61 Å². The van der Waals surface area contributed by atoms with Gasteiger partial charge in [0.1, 0.15) is 11.5 Å². The maximum atomic E-state index is 11.6. The van der Waals surface area contributed by atoms with Gasteiger partial charge >= 0.3 is 5.97 Å². The van der Waals surface area contributed by atoms with Gasteiger partial charge in [-0.15, -0.1) is 11.3 Å². The van der Waals surface area contributed by atoms with Crippen molar-refractivity contribution in [3.8, 4) is 0 Å². The predicted octanol–water partition coefficient (Wildman–Crippen LogP) is 3.32. The number of hydrogen-bond acceptors (Lipinski definition) is 4. The zero-order valence-corrected chi connectivity index (χ0v) is 10.8. The summed E-state index contributed by atoms with van der Waals surface area (Å²) in [4.78, 5) is 16.1. The maximum absolute atomic E-state index is 11.6. The zero-order chi connectivity index (χ0) is 12.8. The Balaban J connectivity index is 1.82. The Morgan fingerprint density at radius 2 is 2.17 bits per heavy atom. The normalized spacial score (nSPS) is 10.7. The molecule has 0 saturated heterocycles. The van der Waals surface area contributed by atoms with Crippen LogP contribution in [0, 0.1) is 6.92 Å². The third-order valence-electron chi connectivity index (χ3n) is 2.24. The molecule has 0 spiro atoms. The molecule has 2 rings (SSSR count). The van der Waals surface area contributed by atoms with Gasteiger partial charge in [-0.2, -0.15) is 0 Å². The van der Waals surface area contributed by atoms with Crippen molar-refractivity contribution in [2.24, 2.45) is 0 Å². The van der Waals surface area contributed by atoms with Crippen LogP contribution in [0.5, 0.6) is 0 Å². The number of hydrogen-bond donors (Lipinski definition) is 0. The summed E-state index contributed by atoms with van der Waals surface area (Å²) in [5, 5.41) is 0.863. The van der Waals surface area contributed by atoms with Crippen LogP contribution in [0.15, 0.2) is 42.6 Å². The van der Waals surface area contributed by atoms with E-state index in [1.807, 2.05) is 49.4 Å². The van der Waals surface area contributed by atoms with E-state index in [0.29, 0.717) is 4.88 Å². The lowest BCUT2D eigenvalue weighted by Crippen LogP contribution is -2.02. The molecule has 0 radical (unpaired) electrons. The Labute approximate surface area is 110 Å². The van der Waals surface area contributed by atoms with Crippen molar-refractivity contribution in [3.63, 3.8) is 0 Å². The minimum absolute atomic E-state index is 0.269. The fourth-order valence-electron chi connectivity index (χ4n) is 1.40. The fourth-order valence-corrected chi connectivity index (χ4v) is 2.07. The predicted molar refractivity (Wildman–Crippen MR) is 72.6 cm³/mol. The monoisotopic (exact) mass is 259 g/mol. The summed E-state index contributed by atoms with van der Waals surface area (Å²) in [7, 11) is 0. The number of rotatable bonds is 4. The number of benzene rings is 1. The van der Waals surface area contributed by atoms with E-state index >= 15 is 0 Å². The van der Waals surface area contributed by atoms with Crippen molar-refractivity contribution in [1.29, 1.82) is 0 Å². The van der Waals surface area contributed by atoms with Gasteiger partial charge in [0, 0.05) is 0 Å². The van der Waals surface area contributed by atoms with Crippen LogP contribution >= 0.6 is 11.3 Å². The molecule has 3 nitrogen and oxygen atoms in total. The molecule has 0 bridgehead atoms. The number of aromatic nitrogens is 1. The number of nitrogens with zero attached hydrogens (tertiary/aromatic N) is 1. The molecule has 4 heteroatoms. The summed E-state index contributed by atoms with van der Waals surface area (Å²) in [6.07, 6.45) is 5.29. The van der Waals surface area contributed by atoms with Crippen molar-refractivity contribution in [1.82, 2.24) is 4.98 Å². The second-order valence-electron chi connectivity index (χ2n) is 3.66. The summed E-state index contributed by atoms with van der Waals surface area (Å²) in [5.41, 5.74) is 1.09. The summed E-state index contributed by atoms with van der Waals surface area (Å²) in [5.74, 6) is -0.321. The SMILES string of the molecule is Cc1ncc(C(=O)OC/C=C\c2ccccc2)s1. The van der Waals surface area contributed by atoms with Gasteiger partial charge in [0.15, 0.2) is 0 Å². The van der Waals surface area contributed by atoms with Crippen molar-refractivity contribution < 1.29 is 9.53 Å². The lowest BCUT2D eigenvalue weighted by Gasteiger charge is -1.98. The molecule has 1 aromatic heterocycles. The molecule has 0 saturated carbocycles. The molecule has 0 atom stereocenters. The average molecular weight is 259 g/mol. The largest absolute Gasteiger partial charge is 0.457 e. The fraction of sp³-hybridized carbons (Fsp3) is 0.143. The van der Waals surface area contributed by atoms with E-state index in [2.05, 4.69) is 4.98 Å². The van der Waals surface area contributed by atoms with Crippen LogP contribution in [0.2, 0.25) is 0 Å². The summed E-state index contributed by atoms with van der Waals surface area (Å²) < 4.78 is 5.11. The van der Waals surface area contributed by atoms with Gasteiger partial charge in [-0.1, -0.05) is 36.4 Å². The minimum atomic E-state index is -0.321. The number of aryl methyl sites for hydroxylation is 1. The van der Waals surface area contributed by atoms with E-state index in [0.717, 1.165) is 10.6 Å². The van der Waals surface area contributed by atoms with Crippen molar-refractivity contribution >= 4 is 23.4 Å². The van der Waals surface area contributed by atoms with Gasteiger partial charge in [0.05, 0.1) is 11.2 Å². The van der Waals surface area contributed by atoms with E-state index in [9.17, 15) is 4.79 Å². The first kappa shape index (κ1) is 12.5. The van der Waals surface area contributed by atoms with Crippen molar-refractivity contribution in [2.45, 2.75) is 6.92 Å². The number of esters is 1. The molecule has 0 amide bonds. The van der Waals surface area contributed by atoms with Crippen LogP contribution in [0.1, 0.15) is 20.2 Å². The lowest BCUT2D eigenvalue weighted by molar-refractivity contribution is 0.0555. The quantitative estimate of drug-likeness (QED) is 0.791. The average Bonchev–Trinajstić information content (AvgIpc) is 2.82. The highest BCUT2D eigenvalue weighted by atomic mass is 32.1. The number of thiazole rings is 1. The Bertz CT molecular complexity index is 546. The second kappa shape index (κ2) is 6.12. The molecule has 0 unspecified atom stereocenters. The van der Waals surface area contributed by atoms with Gasteiger partial charge in [0.2, 0.25) is 0 Å². The maximum Gasteiger partial charge on any atom is 0.350 e. The van der Waals surface area contributed by atoms with Crippen LogP contribution in [-0.2, 0) is 4.74 Å². The standard InChI is InChI=1S/C14H13NO2S/c1-11-15-10-13(18-11)14(16)17-9-5-8-12-6-3-2-4-7-12/h2-8,10H,9H2,1H3/b8-5-. The molecular formula is C14H13NO2S. The Kier molecular flexibility index (Phi) is 4.25. The summed E-state index contributed by atoms with van der Waals surface area (Å²) in [6.45, 7) is 2.13. The first-order valence-electron chi connectivity index (χ1n) is 5.57. The topological polar surface area (TPSA) is 39.2 Å².